The lowest BCUT2D eigenvalue weighted by molar-refractivity contribution is -0.139. The zero-order chi connectivity index (χ0) is 9.26. The van der Waals surface area contributed by atoms with Crippen LogP contribution in [0.4, 0.5) is 5.69 Å². The summed E-state index contributed by atoms with van der Waals surface area (Å²) < 4.78 is 0. The molecule has 1 aromatic rings. The summed E-state index contributed by atoms with van der Waals surface area (Å²) in [5.74, 6) is -0.789. The molecule has 1 unspecified atom stereocenters. The molecule has 1 N–H and O–H groups in total. The molecule has 4 heteroatoms. The minimum absolute atomic E-state index is 0.378. The quantitative estimate of drug-likeness (QED) is 0.653. The summed E-state index contributed by atoms with van der Waals surface area (Å²) in [6.45, 7) is 0. The molecular formula is C9H7N2O2. The van der Waals surface area contributed by atoms with Crippen LogP contribution < -0.4 is 5.32 Å². The second kappa shape index (κ2) is 2.97. The Balaban J connectivity index is 2.01. The lowest BCUT2D eigenvalue weighted by Gasteiger charge is -2.23. The molecular weight excluding hydrogens is 168 g/mol. The fourth-order valence-corrected chi connectivity index (χ4v) is 1.10. The first-order chi connectivity index (χ1) is 6.27. The number of anilines is 1. The third-order valence-electron chi connectivity index (χ3n) is 1.85. The van der Waals surface area contributed by atoms with Crippen LogP contribution in [0.25, 0.3) is 0 Å². The number of ketones is 2. The molecule has 1 aromatic heterocycles. The van der Waals surface area contributed by atoms with Crippen LogP contribution in [0, 0.1) is 6.42 Å². The average Bonchev–Trinajstić information content (AvgIpc) is 2.19. The van der Waals surface area contributed by atoms with Gasteiger partial charge in [-0.1, -0.05) is 0 Å². The molecule has 2 rings (SSSR count). The van der Waals surface area contributed by atoms with Crippen LogP contribution in [0.3, 0.4) is 0 Å². The topological polar surface area (TPSA) is 59.1 Å². The van der Waals surface area contributed by atoms with Crippen LogP contribution in [0.15, 0.2) is 24.5 Å². The van der Waals surface area contributed by atoms with Gasteiger partial charge in [0.1, 0.15) is 6.04 Å². The van der Waals surface area contributed by atoms with E-state index in [1.165, 1.54) is 6.42 Å². The van der Waals surface area contributed by atoms with Crippen LogP contribution in [-0.4, -0.2) is 22.6 Å². The van der Waals surface area contributed by atoms with Crippen molar-refractivity contribution in [3.8, 4) is 0 Å². The molecule has 13 heavy (non-hydrogen) atoms. The van der Waals surface area contributed by atoms with Crippen LogP contribution in [-0.2, 0) is 9.59 Å². The number of nitrogens with one attached hydrogen (secondary N) is 1. The highest BCUT2D eigenvalue weighted by Gasteiger charge is 2.38. The standard InChI is InChI=1S/C9H7N2O2/c12-8-5-7(9(8)13)11-6-1-3-10-4-2-6/h1-5,7H,(H,10,11). The van der Waals surface area contributed by atoms with Gasteiger partial charge in [-0.05, 0) is 12.1 Å². The van der Waals surface area contributed by atoms with Crippen LogP contribution in [0.2, 0.25) is 0 Å². The summed E-state index contributed by atoms with van der Waals surface area (Å²) in [4.78, 5) is 25.3. The Kier molecular flexibility index (Phi) is 1.81. The summed E-state index contributed by atoms with van der Waals surface area (Å²) in [5.41, 5.74) is 0.789. The Morgan fingerprint density at radius 1 is 1.23 bits per heavy atom. The Hall–Kier alpha value is -1.71. The summed E-state index contributed by atoms with van der Waals surface area (Å²) in [6.07, 6.45) is 4.60. The number of carbonyl (C=O) groups is 2. The number of pyridine rings is 1. The maximum atomic E-state index is 10.9. The lowest BCUT2D eigenvalue weighted by Crippen LogP contribution is -2.48. The molecule has 1 fully saturated rings. The number of rotatable bonds is 2. The molecule has 0 amide bonds. The van der Waals surface area contributed by atoms with Gasteiger partial charge < -0.3 is 5.32 Å². The summed E-state index contributed by atoms with van der Waals surface area (Å²) >= 11 is 0. The van der Waals surface area contributed by atoms with E-state index < -0.39 is 11.8 Å². The van der Waals surface area contributed by atoms with Crippen LogP contribution in [0.5, 0.6) is 0 Å². The van der Waals surface area contributed by atoms with E-state index in [9.17, 15) is 9.59 Å². The van der Waals surface area contributed by atoms with Gasteiger partial charge in [-0.3, -0.25) is 14.6 Å². The highest BCUT2D eigenvalue weighted by atomic mass is 16.2. The second-order valence-electron chi connectivity index (χ2n) is 2.75. The second-order valence-corrected chi connectivity index (χ2v) is 2.75. The molecule has 4 nitrogen and oxygen atoms in total. The predicted octanol–water partition coefficient (Wildman–Crippen LogP) is 0.218. The SMILES string of the molecule is O=C1[CH]C(Nc2ccncc2)C1=O. The molecule has 0 aromatic carbocycles. The van der Waals surface area contributed by atoms with Crippen molar-refractivity contribution in [1.82, 2.24) is 4.98 Å². The van der Waals surface area contributed by atoms with Gasteiger partial charge in [-0.2, -0.15) is 0 Å². The van der Waals surface area contributed by atoms with E-state index in [4.69, 9.17) is 0 Å². The fraction of sp³-hybridized carbons (Fsp3) is 0.111. The van der Waals surface area contributed by atoms with Gasteiger partial charge in [0.25, 0.3) is 0 Å². The van der Waals surface area contributed by atoms with E-state index in [2.05, 4.69) is 10.3 Å². The molecule has 0 bridgehead atoms. The van der Waals surface area contributed by atoms with Gasteiger partial charge >= 0.3 is 0 Å². The summed E-state index contributed by atoms with van der Waals surface area (Å²) in [7, 11) is 0. The van der Waals surface area contributed by atoms with Gasteiger partial charge in [0.15, 0.2) is 0 Å². The van der Waals surface area contributed by atoms with E-state index in [1.807, 2.05) is 0 Å². The van der Waals surface area contributed by atoms with E-state index in [0.29, 0.717) is 0 Å². The maximum Gasteiger partial charge on any atom is 0.221 e. The Morgan fingerprint density at radius 2 is 1.92 bits per heavy atom. The van der Waals surface area contributed by atoms with E-state index in [0.717, 1.165) is 5.69 Å². The monoisotopic (exact) mass is 175 g/mol. The number of nitrogens with zero attached hydrogens (tertiary/aromatic N) is 1. The van der Waals surface area contributed by atoms with Crippen molar-refractivity contribution in [3.05, 3.63) is 30.9 Å². The zero-order valence-electron chi connectivity index (χ0n) is 6.73. The van der Waals surface area contributed by atoms with Gasteiger partial charge in [0, 0.05) is 18.1 Å². The summed E-state index contributed by atoms with van der Waals surface area (Å²) in [6, 6.07) is 3.03. The minimum atomic E-state index is -0.449. The van der Waals surface area contributed by atoms with Gasteiger partial charge in [0.2, 0.25) is 11.6 Å². The third-order valence-corrected chi connectivity index (χ3v) is 1.85. The number of hydrogen-bond acceptors (Lipinski definition) is 4. The van der Waals surface area contributed by atoms with E-state index >= 15 is 0 Å². The van der Waals surface area contributed by atoms with Gasteiger partial charge in [-0.25, -0.2) is 0 Å². The molecule has 0 spiro atoms. The first kappa shape index (κ1) is 7.91. The van der Waals surface area contributed by atoms with Crippen molar-refractivity contribution in [1.29, 1.82) is 0 Å². The molecule has 1 heterocycles. The Labute approximate surface area is 75.0 Å². The first-order valence-corrected chi connectivity index (χ1v) is 3.87. The van der Waals surface area contributed by atoms with Crippen molar-refractivity contribution in [2.45, 2.75) is 6.04 Å². The van der Waals surface area contributed by atoms with Crippen LogP contribution in [0.1, 0.15) is 0 Å². The lowest BCUT2D eigenvalue weighted by atomic mass is 9.89. The molecule has 65 valence electrons. The number of Topliss-reactive ketones (excluding diaryl/α,β-unsaturated/α-hetero) is 2. The highest BCUT2D eigenvalue weighted by Crippen LogP contribution is 2.15. The first-order valence-electron chi connectivity index (χ1n) is 3.87. The molecule has 1 radical (unpaired) electrons. The summed E-state index contributed by atoms with van der Waals surface area (Å²) in [5, 5.41) is 2.89. The molecule has 0 saturated heterocycles. The van der Waals surface area contributed by atoms with Crippen molar-refractivity contribution in [2.75, 3.05) is 5.32 Å². The minimum Gasteiger partial charge on any atom is -0.374 e. The number of carbonyl (C=O) groups excluding carboxylic acids is 2. The van der Waals surface area contributed by atoms with Crippen molar-refractivity contribution >= 4 is 17.3 Å². The Bertz CT molecular complexity index is 348. The Morgan fingerprint density at radius 3 is 2.46 bits per heavy atom. The van der Waals surface area contributed by atoms with E-state index in [1.54, 1.807) is 24.5 Å². The van der Waals surface area contributed by atoms with Crippen molar-refractivity contribution in [3.63, 3.8) is 0 Å². The maximum absolute atomic E-state index is 10.9. The number of hydrogen-bond donors (Lipinski definition) is 1. The molecule has 1 aliphatic rings. The fourth-order valence-electron chi connectivity index (χ4n) is 1.10. The van der Waals surface area contributed by atoms with Gasteiger partial charge in [-0.15, -0.1) is 0 Å². The molecule has 0 aliphatic heterocycles. The predicted molar refractivity (Wildman–Crippen MR) is 46.0 cm³/mol. The zero-order valence-corrected chi connectivity index (χ0v) is 6.73. The normalized spacial score (nSPS) is 21.1. The molecule has 1 saturated carbocycles. The highest BCUT2D eigenvalue weighted by molar-refractivity contribution is 6.51. The van der Waals surface area contributed by atoms with Gasteiger partial charge in [0.05, 0.1) is 6.42 Å². The van der Waals surface area contributed by atoms with Crippen LogP contribution >= 0.6 is 0 Å². The smallest absolute Gasteiger partial charge is 0.221 e. The number of aromatic nitrogens is 1. The molecule has 1 atom stereocenters. The molecule has 1 aliphatic carbocycles. The third kappa shape index (κ3) is 1.42. The van der Waals surface area contributed by atoms with Crippen molar-refractivity contribution in [2.24, 2.45) is 0 Å². The average molecular weight is 175 g/mol. The van der Waals surface area contributed by atoms with Crippen molar-refractivity contribution < 1.29 is 9.59 Å². The van der Waals surface area contributed by atoms with E-state index in [-0.39, 0.29) is 5.78 Å². The largest absolute Gasteiger partial charge is 0.374 e.